The normalized spacial score (nSPS) is 17.5. The van der Waals surface area contributed by atoms with Crippen LogP contribution in [0.1, 0.15) is 17.5 Å². The van der Waals surface area contributed by atoms with E-state index in [9.17, 15) is 18.0 Å². The van der Waals surface area contributed by atoms with Gasteiger partial charge in [0.15, 0.2) is 0 Å². The van der Waals surface area contributed by atoms with Gasteiger partial charge >= 0.3 is 6.18 Å². The SMILES string of the molecule is O=C(/C=C/c1ccccc1Cl)N1CC[C@@H](Oc2cc(C(F)(F)F)ccn2)C1. The lowest BCUT2D eigenvalue weighted by atomic mass is 10.2. The van der Waals surface area contributed by atoms with Crippen molar-refractivity contribution in [3.63, 3.8) is 0 Å². The maximum Gasteiger partial charge on any atom is 0.416 e. The fourth-order valence-corrected chi connectivity index (χ4v) is 2.92. The molecule has 4 nitrogen and oxygen atoms in total. The van der Waals surface area contributed by atoms with Crippen molar-refractivity contribution in [2.75, 3.05) is 13.1 Å². The molecule has 1 amide bonds. The molecule has 0 aliphatic carbocycles. The number of amides is 1. The lowest BCUT2D eigenvalue weighted by Crippen LogP contribution is -2.29. The second-order valence-corrected chi connectivity index (χ2v) is 6.46. The monoisotopic (exact) mass is 396 g/mol. The Morgan fingerprint density at radius 1 is 1.30 bits per heavy atom. The molecule has 1 fully saturated rings. The molecular weight excluding hydrogens is 381 g/mol. The first-order valence-electron chi connectivity index (χ1n) is 8.24. The molecule has 142 valence electrons. The van der Waals surface area contributed by atoms with Gasteiger partial charge in [-0.3, -0.25) is 4.79 Å². The van der Waals surface area contributed by atoms with Crippen LogP contribution in [0.15, 0.2) is 48.7 Å². The summed E-state index contributed by atoms with van der Waals surface area (Å²) in [6, 6.07) is 8.89. The summed E-state index contributed by atoms with van der Waals surface area (Å²) in [6.07, 6.45) is -0.230. The first-order chi connectivity index (χ1) is 12.8. The third kappa shape index (κ3) is 5.01. The van der Waals surface area contributed by atoms with Gasteiger partial charge in [-0.15, -0.1) is 0 Å². The maximum atomic E-state index is 12.7. The molecule has 0 spiro atoms. The summed E-state index contributed by atoms with van der Waals surface area (Å²) < 4.78 is 43.8. The van der Waals surface area contributed by atoms with Crippen molar-refractivity contribution in [1.29, 1.82) is 0 Å². The van der Waals surface area contributed by atoms with E-state index in [0.29, 0.717) is 18.0 Å². The van der Waals surface area contributed by atoms with Crippen molar-refractivity contribution < 1.29 is 22.7 Å². The largest absolute Gasteiger partial charge is 0.472 e. The Balaban J connectivity index is 1.59. The number of pyridine rings is 1. The smallest absolute Gasteiger partial charge is 0.416 e. The molecule has 0 bridgehead atoms. The molecule has 3 rings (SSSR count). The fourth-order valence-electron chi connectivity index (χ4n) is 2.72. The minimum absolute atomic E-state index is 0.101. The first kappa shape index (κ1) is 19.2. The molecular formula is C19H16ClF3N2O2. The van der Waals surface area contributed by atoms with Gasteiger partial charge in [-0.2, -0.15) is 13.2 Å². The number of carbonyl (C=O) groups is 1. The van der Waals surface area contributed by atoms with Gasteiger partial charge in [-0.25, -0.2) is 4.98 Å². The van der Waals surface area contributed by atoms with Crippen LogP contribution in [0, 0.1) is 0 Å². The van der Waals surface area contributed by atoms with E-state index in [2.05, 4.69) is 4.98 Å². The predicted molar refractivity (Wildman–Crippen MR) is 95.3 cm³/mol. The zero-order chi connectivity index (χ0) is 19.4. The molecule has 27 heavy (non-hydrogen) atoms. The zero-order valence-electron chi connectivity index (χ0n) is 14.1. The number of rotatable bonds is 4. The highest BCUT2D eigenvalue weighted by Gasteiger charge is 2.32. The van der Waals surface area contributed by atoms with Crippen molar-refractivity contribution in [1.82, 2.24) is 9.88 Å². The number of benzene rings is 1. The minimum Gasteiger partial charge on any atom is -0.472 e. The number of hydrogen-bond donors (Lipinski definition) is 0. The van der Waals surface area contributed by atoms with Crippen LogP contribution in [0.2, 0.25) is 5.02 Å². The molecule has 2 heterocycles. The van der Waals surface area contributed by atoms with Gasteiger partial charge in [0, 0.05) is 36.3 Å². The van der Waals surface area contributed by atoms with Crippen molar-refractivity contribution in [3.8, 4) is 5.88 Å². The Morgan fingerprint density at radius 3 is 2.81 bits per heavy atom. The van der Waals surface area contributed by atoms with Gasteiger partial charge in [0.25, 0.3) is 0 Å². The van der Waals surface area contributed by atoms with Crippen molar-refractivity contribution in [2.45, 2.75) is 18.7 Å². The fraction of sp³-hybridized carbons (Fsp3) is 0.263. The molecule has 1 aliphatic heterocycles. The van der Waals surface area contributed by atoms with Crippen LogP contribution in [0.5, 0.6) is 5.88 Å². The minimum atomic E-state index is -4.46. The Morgan fingerprint density at radius 2 is 2.07 bits per heavy atom. The first-order valence-corrected chi connectivity index (χ1v) is 8.62. The molecule has 8 heteroatoms. The summed E-state index contributed by atoms with van der Waals surface area (Å²) in [5.41, 5.74) is -0.0891. The van der Waals surface area contributed by atoms with E-state index in [1.54, 1.807) is 29.2 Å². The average molecular weight is 397 g/mol. The van der Waals surface area contributed by atoms with Crippen molar-refractivity contribution in [2.24, 2.45) is 0 Å². The quantitative estimate of drug-likeness (QED) is 0.717. The topological polar surface area (TPSA) is 42.4 Å². The zero-order valence-corrected chi connectivity index (χ0v) is 14.9. The summed E-state index contributed by atoms with van der Waals surface area (Å²) in [4.78, 5) is 17.7. The molecule has 0 N–H and O–H groups in total. The Bertz CT molecular complexity index is 855. The van der Waals surface area contributed by atoms with Gasteiger partial charge in [-0.1, -0.05) is 29.8 Å². The molecule has 2 aromatic rings. The van der Waals surface area contributed by atoms with E-state index >= 15 is 0 Å². The van der Waals surface area contributed by atoms with Crippen LogP contribution in [-0.4, -0.2) is 35.0 Å². The third-order valence-corrected chi connectivity index (χ3v) is 4.46. The summed E-state index contributed by atoms with van der Waals surface area (Å²) in [7, 11) is 0. The molecule has 1 aromatic heterocycles. The second kappa shape index (κ2) is 8.00. The number of likely N-dealkylation sites (tertiary alicyclic amines) is 1. The van der Waals surface area contributed by atoms with E-state index in [1.165, 1.54) is 6.08 Å². The average Bonchev–Trinajstić information content (AvgIpc) is 3.09. The van der Waals surface area contributed by atoms with E-state index in [0.717, 1.165) is 23.9 Å². The summed E-state index contributed by atoms with van der Waals surface area (Å²) in [5.74, 6) is -0.311. The van der Waals surface area contributed by atoms with Crippen LogP contribution in [-0.2, 0) is 11.0 Å². The van der Waals surface area contributed by atoms with Crippen LogP contribution in [0.25, 0.3) is 6.08 Å². The molecule has 1 saturated heterocycles. The number of halogens is 4. The van der Waals surface area contributed by atoms with E-state index in [4.69, 9.17) is 16.3 Å². The maximum absolute atomic E-state index is 12.7. The number of hydrogen-bond acceptors (Lipinski definition) is 3. The number of alkyl halides is 3. The molecule has 0 radical (unpaired) electrons. The van der Waals surface area contributed by atoms with Crippen molar-refractivity contribution in [3.05, 3.63) is 64.8 Å². The lowest BCUT2D eigenvalue weighted by Gasteiger charge is -2.16. The number of carbonyl (C=O) groups excluding carboxylic acids is 1. The second-order valence-electron chi connectivity index (χ2n) is 6.05. The predicted octanol–water partition coefficient (Wildman–Crippen LogP) is 4.45. The highest BCUT2D eigenvalue weighted by atomic mass is 35.5. The van der Waals surface area contributed by atoms with Crippen molar-refractivity contribution >= 4 is 23.6 Å². The summed E-state index contributed by atoms with van der Waals surface area (Å²) >= 11 is 6.04. The Kier molecular flexibility index (Phi) is 5.70. The third-order valence-electron chi connectivity index (χ3n) is 4.12. The highest BCUT2D eigenvalue weighted by molar-refractivity contribution is 6.32. The molecule has 1 aromatic carbocycles. The standard InChI is InChI=1S/C19H16ClF3N2O2/c20-16-4-2-1-3-13(16)5-6-18(26)25-10-8-15(12-25)27-17-11-14(7-9-24-17)19(21,22)23/h1-7,9,11,15H,8,10,12H2/b6-5+/t15-/m1/s1. The van der Waals surface area contributed by atoms with Gasteiger partial charge in [0.1, 0.15) is 6.10 Å². The van der Waals surface area contributed by atoms with Crippen LogP contribution < -0.4 is 4.74 Å². The molecule has 1 atom stereocenters. The number of nitrogens with zero attached hydrogens (tertiary/aromatic N) is 2. The Labute approximate surface area is 159 Å². The van der Waals surface area contributed by atoms with Gasteiger partial charge in [0.05, 0.1) is 12.1 Å². The van der Waals surface area contributed by atoms with Gasteiger partial charge in [0.2, 0.25) is 11.8 Å². The highest BCUT2D eigenvalue weighted by Crippen LogP contribution is 2.31. The number of ether oxygens (including phenoxy) is 1. The van der Waals surface area contributed by atoms with Gasteiger partial charge in [-0.05, 0) is 23.8 Å². The lowest BCUT2D eigenvalue weighted by molar-refractivity contribution is -0.137. The van der Waals surface area contributed by atoms with E-state index in [-0.39, 0.29) is 18.3 Å². The summed E-state index contributed by atoms with van der Waals surface area (Å²) in [5, 5.41) is 0.541. The van der Waals surface area contributed by atoms with Gasteiger partial charge < -0.3 is 9.64 Å². The number of aromatic nitrogens is 1. The van der Waals surface area contributed by atoms with E-state index in [1.807, 2.05) is 6.07 Å². The van der Waals surface area contributed by atoms with E-state index < -0.39 is 17.8 Å². The summed E-state index contributed by atoms with van der Waals surface area (Å²) in [6.45, 7) is 0.735. The molecule has 1 aliphatic rings. The Hall–Kier alpha value is -2.54. The molecule has 0 unspecified atom stereocenters. The van der Waals surface area contributed by atoms with Crippen LogP contribution in [0.4, 0.5) is 13.2 Å². The van der Waals surface area contributed by atoms with Crippen LogP contribution in [0.3, 0.4) is 0 Å². The van der Waals surface area contributed by atoms with Crippen LogP contribution >= 0.6 is 11.6 Å². The molecule has 0 saturated carbocycles.